The van der Waals surface area contributed by atoms with Gasteiger partial charge in [0.05, 0.1) is 87.2 Å². The Kier molecular flexibility index (Phi) is 39.9. The fourth-order valence-corrected chi connectivity index (χ4v) is 7.62. The van der Waals surface area contributed by atoms with Gasteiger partial charge in [-0.05, 0) is 66.2 Å². The molecule has 8 nitrogen and oxygen atoms in total. The Labute approximate surface area is 562 Å². The number of rotatable bonds is 40. The number of hydrogen-bond acceptors (Lipinski definition) is 8. The van der Waals surface area contributed by atoms with Crippen LogP contribution in [0.15, 0.2) is 0 Å². The van der Waals surface area contributed by atoms with Crippen molar-refractivity contribution in [3.8, 4) is 0 Å². The molecule has 0 aromatic carbocycles. The van der Waals surface area contributed by atoms with Crippen LogP contribution < -0.4 is 0 Å². The van der Waals surface area contributed by atoms with E-state index in [0.29, 0.717) is 12.8 Å². The molecule has 44 heteroatoms. The molecule has 0 N–H and O–H groups in total. The van der Waals surface area contributed by atoms with Crippen molar-refractivity contribution in [1.82, 2.24) is 0 Å². The zero-order valence-corrected chi connectivity index (χ0v) is 56.0. The molecule has 0 amide bonds. The van der Waals surface area contributed by atoms with Gasteiger partial charge in [-0.1, -0.05) is 41.5 Å². The van der Waals surface area contributed by atoms with Gasteiger partial charge in [-0.3, -0.25) is 19.2 Å². The van der Waals surface area contributed by atoms with Gasteiger partial charge in [-0.25, -0.2) is 105 Å². The van der Waals surface area contributed by atoms with E-state index in [1.807, 2.05) is 0 Å². The monoisotopic (exact) mass is 1590 g/mol. The third-order valence-corrected chi connectivity index (χ3v) is 13.6. The molecular formula is C58H80F36O8. The van der Waals surface area contributed by atoms with E-state index in [2.05, 4.69) is 14.2 Å². The Morgan fingerprint density at radius 1 is 0.265 bits per heavy atom. The van der Waals surface area contributed by atoms with Crippen molar-refractivity contribution in [3.63, 3.8) is 0 Å². The van der Waals surface area contributed by atoms with Gasteiger partial charge in [0.2, 0.25) is 0 Å². The summed E-state index contributed by atoms with van der Waals surface area (Å²) in [5.74, 6) is -60.1. The number of ether oxygens (including phenoxy) is 4. The second-order valence-corrected chi connectivity index (χ2v) is 25.6. The first-order valence-electron chi connectivity index (χ1n) is 30.1. The second-order valence-electron chi connectivity index (χ2n) is 25.6. The highest BCUT2D eigenvalue weighted by molar-refractivity contribution is 5.76. The molecule has 0 aliphatic heterocycles. The number of carbonyl (C=O) groups excluding carboxylic acids is 4. The van der Waals surface area contributed by atoms with Crippen molar-refractivity contribution in [1.29, 1.82) is 0 Å². The average Bonchev–Trinajstić information content (AvgIpc) is 0.842. The second kappa shape index (κ2) is 39.3. The van der Waals surface area contributed by atoms with Crippen molar-refractivity contribution in [2.24, 2.45) is 22.7 Å². The molecule has 0 spiro atoms. The van der Waals surface area contributed by atoms with Crippen LogP contribution in [0.4, 0.5) is 158 Å². The van der Waals surface area contributed by atoms with Crippen LogP contribution in [0.3, 0.4) is 0 Å². The van der Waals surface area contributed by atoms with Gasteiger partial charge in [0, 0.05) is 12.8 Å². The summed E-state index contributed by atoms with van der Waals surface area (Å²) < 4.78 is 479. The van der Waals surface area contributed by atoms with E-state index in [4.69, 9.17) is 4.74 Å². The van der Waals surface area contributed by atoms with Crippen LogP contribution in [0.2, 0.25) is 0 Å². The van der Waals surface area contributed by atoms with Crippen LogP contribution in [0.1, 0.15) is 198 Å². The first kappa shape index (κ1) is 104. The van der Waals surface area contributed by atoms with Crippen LogP contribution in [0.5, 0.6) is 0 Å². The summed E-state index contributed by atoms with van der Waals surface area (Å²) in [4.78, 5) is 45.6. The predicted octanol–water partition coefficient (Wildman–Crippen LogP) is 23.2. The molecule has 0 heterocycles. The SMILES string of the molecule is CCC(C)(C)C(=O)OCC(F)(F)CC(F)(F)CC(F)(F)CC(F)(F)F.CCC(C)(C)C(=O)OCCCC(F)(F)CC(F)(F)CC(F)(F)CC(F)(F)F.CCC(C)C(=O)OCC(F)(F)CC(F)(F)CC(F)(F)CC(F)(F)F.CCC(C)C(=O)OCCCC(F)(F)CC(F)(F)CC(F)(F)CC(F)(F)F. The average molecular weight is 1590 g/mol. The smallest absolute Gasteiger partial charge is 0.394 e. The van der Waals surface area contributed by atoms with Gasteiger partial charge >= 0.3 is 48.6 Å². The highest BCUT2D eigenvalue weighted by atomic mass is 19.4. The minimum absolute atomic E-state index is 0.206. The molecule has 612 valence electrons. The summed E-state index contributed by atoms with van der Waals surface area (Å²) in [6.07, 6.45) is -55.2. The van der Waals surface area contributed by atoms with Gasteiger partial charge in [-0.2, -0.15) is 52.7 Å². The summed E-state index contributed by atoms with van der Waals surface area (Å²) >= 11 is 0. The maximum Gasteiger partial charge on any atom is 0.394 e. The molecule has 0 aliphatic carbocycles. The fourth-order valence-electron chi connectivity index (χ4n) is 7.62. The van der Waals surface area contributed by atoms with E-state index < -0.39 is 271 Å². The van der Waals surface area contributed by atoms with Crippen LogP contribution in [0.25, 0.3) is 0 Å². The Hall–Kier alpha value is -4.64. The number of alkyl halides is 36. The molecule has 0 aromatic heterocycles. The molecule has 2 atom stereocenters. The third kappa shape index (κ3) is 54.0. The zero-order chi connectivity index (χ0) is 82.3. The molecule has 0 saturated carbocycles. The van der Waals surface area contributed by atoms with Crippen LogP contribution in [0, 0.1) is 22.7 Å². The molecular weight excluding hydrogens is 1510 g/mol. The summed E-state index contributed by atoms with van der Waals surface area (Å²) in [5, 5.41) is 0. The standard InChI is InChI=1S/C16H23F9O2.C15H21F9O2.C14H19F9O2.C13H17F9O2/c1-4-12(2,3)11(26)27-7-5-6-13(17,18)8-14(19,20)9-15(21,22)10-16(23,24)25;1-3-10(2)11(25)26-6-4-5-12(16,17)7-13(18,19)8-14(20,21)9-15(22,23)24;1-4-10(2,3)9(24)25-8-13(19,20)6-11(15,16)5-12(17,18)7-14(21,22)23;1-3-8(2)9(23)24-7-12(18,19)5-10(14,15)4-11(16,17)6-13(20,21)22/h4-10H2,1-3H3;10H,3-9H2,1-2H3;4-8H2,1-3H3;8H,3-7H2,1-2H3. The molecule has 0 radical (unpaired) electrons. The van der Waals surface area contributed by atoms with E-state index in [1.165, 1.54) is 20.8 Å². The molecule has 0 aliphatic rings. The highest BCUT2D eigenvalue weighted by Crippen LogP contribution is 2.48. The maximum atomic E-state index is 13.6. The summed E-state index contributed by atoms with van der Waals surface area (Å²) in [7, 11) is 0. The first-order chi connectivity index (χ1) is 44.6. The first-order valence-corrected chi connectivity index (χ1v) is 30.1. The summed E-state index contributed by atoms with van der Waals surface area (Å²) in [6.45, 7) is 10.7. The van der Waals surface area contributed by atoms with Crippen molar-refractivity contribution in [3.05, 3.63) is 0 Å². The number of hydrogen-bond donors (Lipinski definition) is 0. The van der Waals surface area contributed by atoms with E-state index >= 15 is 0 Å². The number of esters is 4. The minimum atomic E-state index is -5.43. The van der Waals surface area contributed by atoms with Crippen LogP contribution in [-0.2, 0) is 38.1 Å². The molecule has 0 aromatic rings. The summed E-state index contributed by atoms with van der Waals surface area (Å²) in [5.41, 5.74) is -2.00. The normalized spacial score (nSPS) is 14.8. The molecule has 0 bridgehead atoms. The van der Waals surface area contributed by atoms with E-state index in [0.717, 1.165) is 0 Å². The van der Waals surface area contributed by atoms with Crippen LogP contribution >= 0.6 is 0 Å². The van der Waals surface area contributed by atoms with Gasteiger partial charge < -0.3 is 18.9 Å². The largest absolute Gasteiger partial charge is 0.465 e. The molecule has 2 unspecified atom stereocenters. The maximum absolute atomic E-state index is 13.6. The third-order valence-electron chi connectivity index (χ3n) is 13.6. The van der Waals surface area contributed by atoms with Crippen molar-refractivity contribution in [2.45, 2.75) is 293 Å². The minimum Gasteiger partial charge on any atom is -0.465 e. The lowest BCUT2D eigenvalue weighted by molar-refractivity contribution is -0.219. The Bertz CT molecular complexity index is 2470. The van der Waals surface area contributed by atoms with Crippen molar-refractivity contribution >= 4 is 23.9 Å². The zero-order valence-electron chi connectivity index (χ0n) is 56.0. The highest BCUT2D eigenvalue weighted by Gasteiger charge is 2.58. The van der Waals surface area contributed by atoms with Crippen molar-refractivity contribution < 1.29 is 196 Å². The van der Waals surface area contributed by atoms with Gasteiger partial charge in [0.15, 0.2) is 13.2 Å². The van der Waals surface area contributed by atoms with Crippen molar-refractivity contribution in [2.75, 3.05) is 26.4 Å². The predicted molar refractivity (Wildman–Crippen MR) is 288 cm³/mol. The Balaban J connectivity index is -0.000000628. The number of halogens is 36. The molecule has 0 rings (SSSR count). The lowest BCUT2D eigenvalue weighted by Gasteiger charge is -2.28. The number of carbonyl (C=O) groups is 4. The van der Waals surface area contributed by atoms with E-state index in [9.17, 15) is 177 Å². The molecule has 0 fully saturated rings. The Morgan fingerprint density at radius 3 is 0.696 bits per heavy atom. The lowest BCUT2D eigenvalue weighted by Crippen LogP contribution is -2.40. The quantitative estimate of drug-likeness (QED) is 0.0259. The van der Waals surface area contributed by atoms with Crippen LogP contribution in [-0.4, -0.2) is 146 Å². The van der Waals surface area contributed by atoms with Gasteiger partial charge in [-0.15, -0.1) is 0 Å². The van der Waals surface area contributed by atoms with E-state index in [1.54, 1.807) is 48.5 Å². The molecule has 0 saturated heterocycles. The van der Waals surface area contributed by atoms with Gasteiger partial charge in [0.1, 0.15) is 25.7 Å². The fraction of sp³-hybridized carbons (Fsp3) is 0.931. The summed E-state index contributed by atoms with van der Waals surface area (Å²) in [6, 6.07) is 0. The van der Waals surface area contributed by atoms with E-state index in [-0.39, 0.29) is 12.8 Å². The topological polar surface area (TPSA) is 105 Å². The Morgan fingerprint density at radius 2 is 0.461 bits per heavy atom. The lowest BCUT2D eigenvalue weighted by atomic mass is 9.91. The molecule has 102 heavy (non-hydrogen) atoms. The van der Waals surface area contributed by atoms with Gasteiger partial charge in [0.25, 0.3) is 71.1 Å².